The Morgan fingerprint density at radius 3 is 2.70 bits per heavy atom. The summed E-state index contributed by atoms with van der Waals surface area (Å²) in [6.45, 7) is 1.79. The van der Waals surface area contributed by atoms with Crippen LogP contribution in [0.25, 0.3) is 0 Å². The molecule has 1 amide bonds. The number of aliphatic carboxylic acids is 1. The Hall–Kier alpha value is -2.42. The molecule has 3 N–H and O–H groups in total. The zero-order valence-corrected chi connectivity index (χ0v) is 10.8. The molecule has 0 saturated heterocycles. The molecule has 0 aliphatic rings. The van der Waals surface area contributed by atoms with Gasteiger partial charge in [0, 0.05) is 12.6 Å². The molecule has 0 aliphatic heterocycles. The number of aliphatic hydroxyl groups excluding tert-OH is 1. The third-order valence-electron chi connectivity index (χ3n) is 2.53. The van der Waals surface area contributed by atoms with Crippen LogP contribution < -0.4 is 5.32 Å². The molecule has 20 heavy (non-hydrogen) atoms. The summed E-state index contributed by atoms with van der Waals surface area (Å²) in [5.74, 6) is -2.13. The quantitative estimate of drug-likeness (QED) is 0.476. The van der Waals surface area contributed by atoms with E-state index in [0.717, 1.165) is 6.07 Å². The highest BCUT2D eigenvalue weighted by atomic mass is 16.6. The number of hydrogen-bond donors (Lipinski definition) is 3. The number of carbonyl (C=O) groups excluding carboxylic acids is 1. The van der Waals surface area contributed by atoms with Crippen LogP contribution in [0.1, 0.15) is 23.8 Å². The monoisotopic (exact) mass is 285 g/mol. The maximum Gasteiger partial charge on any atom is 0.334 e. The minimum absolute atomic E-state index is 0.0520. The van der Waals surface area contributed by atoms with Crippen molar-refractivity contribution in [2.45, 2.75) is 26.0 Å². The van der Waals surface area contributed by atoms with E-state index in [1.54, 1.807) is 0 Å². The van der Waals surface area contributed by atoms with E-state index >= 15 is 0 Å². The van der Waals surface area contributed by atoms with Crippen LogP contribution in [0.4, 0.5) is 5.69 Å². The second kappa shape index (κ2) is 6.66. The highest BCUT2D eigenvalue weighted by molar-refractivity contribution is 5.93. The highest BCUT2D eigenvalue weighted by Crippen LogP contribution is 2.17. The van der Waals surface area contributed by atoms with E-state index < -0.39 is 29.4 Å². The van der Waals surface area contributed by atoms with Crippen molar-refractivity contribution >= 4 is 17.6 Å². The van der Waals surface area contributed by atoms with Gasteiger partial charge in [0.05, 0.1) is 17.7 Å². The maximum absolute atomic E-state index is 11.8. The van der Waals surface area contributed by atoms with E-state index in [4.69, 9.17) is 10.2 Å². The predicted molar refractivity (Wildman–Crippen MR) is 67.4 cm³/mol. The molecule has 9 nitrogen and oxygen atoms in total. The van der Waals surface area contributed by atoms with Gasteiger partial charge in [-0.15, -0.1) is 0 Å². The van der Waals surface area contributed by atoms with Crippen molar-refractivity contribution in [3.8, 4) is 0 Å². The van der Waals surface area contributed by atoms with Crippen LogP contribution in [-0.4, -0.2) is 44.2 Å². The summed E-state index contributed by atoms with van der Waals surface area (Å²) < 4.78 is 1.42. The molecule has 1 unspecified atom stereocenters. The van der Waals surface area contributed by atoms with Crippen molar-refractivity contribution in [2.75, 3.05) is 6.54 Å². The number of aliphatic hydroxyl groups is 1. The number of nitrogens with one attached hydrogen (secondary N) is 1. The average Bonchev–Trinajstić information content (AvgIpc) is 2.80. The van der Waals surface area contributed by atoms with Gasteiger partial charge in [-0.05, 0) is 6.42 Å². The third-order valence-corrected chi connectivity index (χ3v) is 2.53. The van der Waals surface area contributed by atoms with Crippen LogP contribution >= 0.6 is 0 Å². The first-order valence-corrected chi connectivity index (χ1v) is 5.90. The molecule has 0 radical (unpaired) electrons. The number of amides is 1. The number of nitrogens with zero attached hydrogens (tertiary/aromatic N) is 2. The topological polar surface area (TPSA) is 135 Å². The average molecular weight is 285 g/mol. The normalized spacial score (nSPS) is 11.9. The zero-order chi connectivity index (χ0) is 15.3. The van der Waals surface area contributed by atoms with Crippen molar-refractivity contribution in [2.24, 2.45) is 0 Å². The molecule has 0 aliphatic carbocycles. The fourth-order valence-electron chi connectivity index (χ4n) is 1.58. The summed E-state index contributed by atoms with van der Waals surface area (Å²) in [6, 6.07) is 1.11. The molecule has 0 fully saturated rings. The first kappa shape index (κ1) is 15.6. The summed E-state index contributed by atoms with van der Waals surface area (Å²) in [4.78, 5) is 32.3. The lowest BCUT2D eigenvalue weighted by molar-refractivity contribution is -0.384. The van der Waals surface area contributed by atoms with Gasteiger partial charge in [0.2, 0.25) is 0 Å². The maximum atomic E-state index is 11.8. The van der Waals surface area contributed by atoms with Crippen molar-refractivity contribution in [1.29, 1.82) is 0 Å². The lowest BCUT2D eigenvalue weighted by Gasteiger charge is -2.09. The molecule has 1 aromatic heterocycles. The standard InChI is InChI=1S/C11H15N3O6/c1-2-3-13-6-7(14(19)20)4-8(13)10(16)12-5-9(15)11(17)18/h4,6,9,15H,2-3,5H2,1H3,(H,12,16)(H,17,18). The number of aromatic nitrogens is 1. The van der Waals surface area contributed by atoms with E-state index in [1.165, 1.54) is 10.8 Å². The van der Waals surface area contributed by atoms with Gasteiger partial charge in [0.25, 0.3) is 11.6 Å². The van der Waals surface area contributed by atoms with Gasteiger partial charge in [-0.3, -0.25) is 14.9 Å². The summed E-state index contributed by atoms with van der Waals surface area (Å²) >= 11 is 0. The first-order valence-electron chi connectivity index (χ1n) is 5.90. The summed E-state index contributed by atoms with van der Waals surface area (Å²) in [5, 5.41) is 30.5. The van der Waals surface area contributed by atoms with Crippen LogP contribution in [-0.2, 0) is 11.3 Å². The Morgan fingerprint density at radius 1 is 1.55 bits per heavy atom. The van der Waals surface area contributed by atoms with Gasteiger partial charge >= 0.3 is 5.97 Å². The third kappa shape index (κ3) is 3.79. The molecule has 0 aromatic carbocycles. The number of carboxylic acids is 1. The molecule has 1 heterocycles. The van der Waals surface area contributed by atoms with Crippen molar-refractivity contribution in [3.05, 3.63) is 28.1 Å². The Balaban J connectivity index is 2.85. The first-order chi connectivity index (χ1) is 9.36. The Labute approximate surface area is 114 Å². The largest absolute Gasteiger partial charge is 0.479 e. The zero-order valence-electron chi connectivity index (χ0n) is 10.8. The lowest BCUT2D eigenvalue weighted by Crippen LogP contribution is -2.37. The number of carbonyl (C=O) groups is 2. The van der Waals surface area contributed by atoms with E-state index in [9.17, 15) is 19.7 Å². The Morgan fingerprint density at radius 2 is 2.20 bits per heavy atom. The SMILES string of the molecule is CCCn1cc([N+](=O)[O-])cc1C(=O)NCC(O)C(=O)O. The summed E-state index contributed by atoms with van der Waals surface area (Å²) in [6.07, 6.45) is 0.194. The number of nitro groups is 1. The van der Waals surface area contributed by atoms with Crippen molar-refractivity contribution in [3.63, 3.8) is 0 Å². The number of rotatable bonds is 7. The molecule has 0 spiro atoms. The second-order valence-electron chi connectivity index (χ2n) is 4.10. The fourth-order valence-corrected chi connectivity index (χ4v) is 1.58. The molecule has 1 atom stereocenters. The van der Waals surface area contributed by atoms with Crippen LogP contribution in [0.3, 0.4) is 0 Å². The van der Waals surface area contributed by atoms with Gasteiger partial charge in [-0.25, -0.2) is 4.79 Å². The number of carboxylic acid groups (broad SMARTS) is 1. The Bertz CT molecular complexity index is 524. The van der Waals surface area contributed by atoms with Crippen molar-refractivity contribution in [1.82, 2.24) is 9.88 Å². The van der Waals surface area contributed by atoms with Crippen LogP contribution in [0, 0.1) is 10.1 Å². The second-order valence-corrected chi connectivity index (χ2v) is 4.10. The van der Waals surface area contributed by atoms with E-state index in [-0.39, 0.29) is 11.4 Å². The van der Waals surface area contributed by atoms with E-state index in [2.05, 4.69) is 5.32 Å². The molecular formula is C11H15N3O6. The van der Waals surface area contributed by atoms with Gasteiger partial charge in [-0.2, -0.15) is 0 Å². The van der Waals surface area contributed by atoms with Crippen molar-refractivity contribution < 1.29 is 24.7 Å². The van der Waals surface area contributed by atoms with Crippen LogP contribution in [0.2, 0.25) is 0 Å². The van der Waals surface area contributed by atoms with Gasteiger partial charge in [0.15, 0.2) is 6.10 Å². The number of aryl methyl sites for hydroxylation is 1. The smallest absolute Gasteiger partial charge is 0.334 e. The Kier molecular flexibility index (Phi) is 5.21. The van der Waals surface area contributed by atoms with Crippen LogP contribution in [0.15, 0.2) is 12.3 Å². The van der Waals surface area contributed by atoms with Gasteiger partial charge in [0.1, 0.15) is 5.69 Å². The summed E-state index contributed by atoms with van der Waals surface area (Å²) in [5.41, 5.74) is -0.168. The van der Waals surface area contributed by atoms with E-state index in [0.29, 0.717) is 13.0 Å². The molecule has 1 aromatic rings. The molecule has 9 heteroatoms. The minimum Gasteiger partial charge on any atom is -0.479 e. The van der Waals surface area contributed by atoms with E-state index in [1.807, 2.05) is 6.92 Å². The minimum atomic E-state index is -1.72. The summed E-state index contributed by atoms with van der Waals surface area (Å²) in [7, 11) is 0. The molecular weight excluding hydrogens is 270 g/mol. The predicted octanol–water partition coefficient (Wildman–Crippen LogP) is -0.0184. The lowest BCUT2D eigenvalue weighted by atomic mass is 10.3. The molecule has 0 bridgehead atoms. The molecule has 110 valence electrons. The molecule has 1 rings (SSSR count). The number of hydrogen-bond acceptors (Lipinski definition) is 5. The van der Waals surface area contributed by atoms with Gasteiger partial charge < -0.3 is 20.1 Å². The highest BCUT2D eigenvalue weighted by Gasteiger charge is 2.20. The molecule has 0 saturated carbocycles. The fraction of sp³-hybridized carbons (Fsp3) is 0.455. The van der Waals surface area contributed by atoms with Crippen LogP contribution in [0.5, 0.6) is 0 Å². The van der Waals surface area contributed by atoms with Gasteiger partial charge in [-0.1, -0.05) is 6.92 Å².